The molecule has 0 saturated heterocycles. The Morgan fingerprint density at radius 1 is 1.03 bits per heavy atom. The molecule has 1 aliphatic rings. The topological polar surface area (TPSA) is 72.5 Å². The molecule has 0 spiro atoms. The van der Waals surface area contributed by atoms with Crippen molar-refractivity contribution in [2.75, 3.05) is 12.3 Å². The number of carbonyl (C=O) groups is 1. The molecule has 1 amide bonds. The van der Waals surface area contributed by atoms with E-state index in [4.69, 9.17) is 0 Å². The molecule has 0 fully saturated rings. The smallest absolute Gasteiger partial charge is 0.263 e. The minimum absolute atomic E-state index is 0.0838. The molecule has 0 aliphatic carbocycles. The maximum absolute atomic E-state index is 13.3. The Hall–Kier alpha value is -3.43. The lowest BCUT2D eigenvalue weighted by molar-refractivity contribution is -0.129. The van der Waals surface area contributed by atoms with Crippen molar-refractivity contribution in [2.24, 2.45) is 0 Å². The molecule has 1 aliphatic heterocycles. The molecule has 4 heterocycles. The molecule has 2 aromatic carbocycles. The van der Waals surface area contributed by atoms with Crippen LogP contribution in [0.1, 0.15) is 16.0 Å². The Morgan fingerprint density at radius 3 is 2.74 bits per heavy atom. The molecule has 170 valence electrons. The largest absolute Gasteiger partial charge is 0.337 e. The Kier molecular flexibility index (Phi) is 5.43. The number of thioether (sulfide) groups is 1. The van der Waals surface area contributed by atoms with E-state index in [0.29, 0.717) is 29.4 Å². The van der Waals surface area contributed by atoms with Crippen molar-refractivity contribution in [3.8, 4) is 0 Å². The van der Waals surface area contributed by atoms with Gasteiger partial charge in [-0.05, 0) is 41.1 Å². The molecule has 0 atom stereocenters. The molecule has 0 unspecified atom stereocenters. The van der Waals surface area contributed by atoms with E-state index in [1.54, 1.807) is 15.9 Å². The third kappa shape index (κ3) is 3.70. The monoisotopic (exact) mass is 487 g/mol. The van der Waals surface area contributed by atoms with Gasteiger partial charge in [0.2, 0.25) is 11.7 Å². The van der Waals surface area contributed by atoms with E-state index in [-0.39, 0.29) is 17.2 Å². The summed E-state index contributed by atoms with van der Waals surface area (Å²) in [6.45, 7) is 1.80. The highest BCUT2D eigenvalue weighted by molar-refractivity contribution is 7.99. The van der Waals surface area contributed by atoms with Crippen LogP contribution >= 0.6 is 23.1 Å². The lowest BCUT2D eigenvalue weighted by Crippen LogP contribution is -2.36. The normalized spacial score (nSPS) is 13.5. The summed E-state index contributed by atoms with van der Waals surface area (Å²) in [5.74, 6) is 0.829. The van der Waals surface area contributed by atoms with Crippen LogP contribution in [-0.2, 0) is 24.3 Å². The van der Waals surface area contributed by atoms with Crippen LogP contribution in [0.3, 0.4) is 0 Å². The van der Waals surface area contributed by atoms with Crippen LogP contribution in [0.15, 0.2) is 76.0 Å². The van der Waals surface area contributed by atoms with Crippen molar-refractivity contribution in [1.29, 1.82) is 0 Å². The molecule has 0 bridgehead atoms. The number of rotatable bonds is 5. The summed E-state index contributed by atoms with van der Waals surface area (Å²) in [7, 11) is 0. The van der Waals surface area contributed by atoms with E-state index in [0.717, 1.165) is 24.0 Å². The van der Waals surface area contributed by atoms with Gasteiger partial charge in [-0.1, -0.05) is 54.2 Å². The van der Waals surface area contributed by atoms with Crippen molar-refractivity contribution in [1.82, 2.24) is 24.1 Å². The zero-order valence-corrected chi connectivity index (χ0v) is 19.9. The van der Waals surface area contributed by atoms with Gasteiger partial charge in [0.05, 0.1) is 23.2 Å². The molecule has 0 radical (unpaired) electrons. The van der Waals surface area contributed by atoms with Gasteiger partial charge in [-0.15, -0.1) is 21.5 Å². The van der Waals surface area contributed by atoms with Gasteiger partial charge in [0.25, 0.3) is 5.56 Å². The fourth-order valence-electron chi connectivity index (χ4n) is 4.41. The first-order chi connectivity index (χ1) is 16.7. The average molecular weight is 488 g/mol. The van der Waals surface area contributed by atoms with Crippen LogP contribution < -0.4 is 5.56 Å². The molecule has 7 nitrogen and oxygen atoms in total. The molecule has 9 heteroatoms. The van der Waals surface area contributed by atoms with Crippen molar-refractivity contribution < 1.29 is 4.79 Å². The Labute approximate surface area is 203 Å². The molecule has 5 aromatic rings. The van der Waals surface area contributed by atoms with Crippen molar-refractivity contribution in [3.63, 3.8) is 0 Å². The highest BCUT2D eigenvalue weighted by Crippen LogP contribution is 2.26. The van der Waals surface area contributed by atoms with Crippen molar-refractivity contribution >= 4 is 45.7 Å². The quantitative estimate of drug-likeness (QED) is 0.352. The number of para-hydroxylation sites is 1. The van der Waals surface area contributed by atoms with Crippen LogP contribution in [0.2, 0.25) is 0 Å². The summed E-state index contributed by atoms with van der Waals surface area (Å²) in [5, 5.41) is 12.0. The number of amides is 1. The third-order valence-corrected chi connectivity index (χ3v) is 8.08. The van der Waals surface area contributed by atoms with Crippen molar-refractivity contribution in [3.05, 3.63) is 92.4 Å². The van der Waals surface area contributed by atoms with Crippen LogP contribution in [0.4, 0.5) is 0 Å². The number of thiophene rings is 1. The molecular weight excluding hydrogens is 466 g/mol. The first kappa shape index (κ1) is 21.1. The number of hydrogen-bond donors (Lipinski definition) is 0. The molecule has 0 saturated carbocycles. The minimum Gasteiger partial charge on any atom is -0.337 e. The predicted molar refractivity (Wildman–Crippen MR) is 134 cm³/mol. The standard InChI is InChI=1S/C25H21N5O2S2/c31-22(28-12-10-21-18(15-28)11-13-33-21)16-34-25-27-26-24-29(14-17-6-2-1-3-7-17)23(32)19-8-4-5-9-20(19)30(24)25/h1-9,11,13H,10,12,14-16H2. The van der Waals surface area contributed by atoms with Crippen LogP contribution in [-0.4, -0.2) is 42.3 Å². The number of fused-ring (bicyclic) bond motifs is 4. The zero-order chi connectivity index (χ0) is 23.1. The van der Waals surface area contributed by atoms with Gasteiger partial charge >= 0.3 is 0 Å². The van der Waals surface area contributed by atoms with Gasteiger partial charge in [-0.25, -0.2) is 0 Å². The van der Waals surface area contributed by atoms with Crippen LogP contribution in [0.25, 0.3) is 16.7 Å². The summed E-state index contributed by atoms with van der Waals surface area (Å²) in [5.41, 5.74) is 2.89. The molecule has 34 heavy (non-hydrogen) atoms. The number of carbonyl (C=O) groups excluding carboxylic acids is 1. The van der Waals surface area contributed by atoms with E-state index in [2.05, 4.69) is 21.6 Å². The minimum atomic E-state index is -0.105. The van der Waals surface area contributed by atoms with Gasteiger partial charge in [0.15, 0.2) is 5.16 Å². The number of benzene rings is 2. The zero-order valence-electron chi connectivity index (χ0n) is 18.3. The van der Waals surface area contributed by atoms with Gasteiger partial charge < -0.3 is 4.90 Å². The number of nitrogens with zero attached hydrogens (tertiary/aromatic N) is 5. The lowest BCUT2D eigenvalue weighted by Gasteiger charge is -2.26. The van der Waals surface area contributed by atoms with Crippen LogP contribution in [0.5, 0.6) is 0 Å². The summed E-state index contributed by atoms with van der Waals surface area (Å²) < 4.78 is 3.55. The fraction of sp³-hybridized carbons (Fsp3) is 0.200. The Balaban J connectivity index is 1.34. The lowest BCUT2D eigenvalue weighted by atomic mass is 10.1. The van der Waals surface area contributed by atoms with E-state index in [9.17, 15) is 9.59 Å². The molecule has 0 N–H and O–H groups in total. The second-order valence-corrected chi connectivity index (χ2v) is 10.2. The van der Waals surface area contributed by atoms with Gasteiger partial charge in [0.1, 0.15) is 0 Å². The molecule has 3 aromatic heterocycles. The Morgan fingerprint density at radius 2 is 1.85 bits per heavy atom. The fourth-order valence-corrected chi connectivity index (χ4v) is 6.15. The van der Waals surface area contributed by atoms with E-state index in [1.165, 1.54) is 22.2 Å². The first-order valence-corrected chi connectivity index (χ1v) is 12.9. The Bertz CT molecular complexity index is 1570. The van der Waals surface area contributed by atoms with Gasteiger partial charge in [-0.2, -0.15) is 0 Å². The highest BCUT2D eigenvalue weighted by atomic mass is 32.2. The van der Waals surface area contributed by atoms with Crippen molar-refractivity contribution in [2.45, 2.75) is 24.7 Å². The molecule has 6 rings (SSSR count). The number of hydrogen-bond acceptors (Lipinski definition) is 6. The van der Waals surface area contributed by atoms with E-state index < -0.39 is 0 Å². The highest BCUT2D eigenvalue weighted by Gasteiger charge is 2.23. The maximum atomic E-state index is 13.3. The van der Waals surface area contributed by atoms with Gasteiger partial charge in [0, 0.05) is 18.0 Å². The summed E-state index contributed by atoms with van der Waals surface area (Å²) in [6, 6.07) is 19.4. The summed E-state index contributed by atoms with van der Waals surface area (Å²) in [6.07, 6.45) is 0.910. The number of aromatic nitrogens is 4. The molecular formula is C25H21N5O2S2. The SMILES string of the molecule is O=C(CSc1nnc2n(Cc3ccccc3)c(=O)c3ccccc3n12)N1CCc2sccc2C1. The first-order valence-electron chi connectivity index (χ1n) is 11.1. The van der Waals surface area contributed by atoms with E-state index in [1.807, 2.05) is 63.9 Å². The second kappa shape index (κ2) is 8.73. The second-order valence-electron chi connectivity index (χ2n) is 8.24. The van der Waals surface area contributed by atoms with Crippen LogP contribution in [0, 0.1) is 0 Å². The van der Waals surface area contributed by atoms with E-state index >= 15 is 0 Å². The summed E-state index contributed by atoms with van der Waals surface area (Å²) in [4.78, 5) is 29.6. The predicted octanol–water partition coefficient (Wildman–Crippen LogP) is 3.83. The maximum Gasteiger partial charge on any atom is 0.263 e. The summed E-state index contributed by atoms with van der Waals surface area (Å²) >= 11 is 3.13. The van der Waals surface area contributed by atoms with Gasteiger partial charge in [-0.3, -0.25) is 18.6 Å². The third-order valence-electron chi connectivity index (χ3n) is 6.15. The average Bonchev–Trinajstić information content (AvgIpc) is 3.52.